The third-order valence-electron chi connectivity index (χ3n) is 5.29. The van der Waals surface area contributed by atoms with Crippen molar-refractivity contribution in [3.8, 4) is 0 Å². The van der Waals surface area contributed by atoms with Gasteiger partial charge in [0.2, 0.25) is 5.91 Å². The minimum Gasteiger partial charge on any atom is -0.381 e. The van der Waals surface area contributed by atoms with Crippen molar-refractivity contribution >= 4 is 17.7 Å². The van der Waals surface area contributed by atoms with E-state index in [0.29, 0.717) is 11.1 Å². The zero-order valence-corrected chi connectivity index (χ0v) is 18.3. The summed E-state index contributed by atoms with van der Waals surface area (Å²) in [6.45, 7) is 1.95. The van der Waals surface area contributed by atoms with E-state index in [2.05, 4.69) is 10.6 Å². The molecule has 0 aliphatic rings. The highest BCUT2D eigenvalue weighted by Gasteiger charge is 2.31. The van der Waals surface area contributed by atoms with Crippen LogP contribution < -0.4 is 16.4 Å². The molecule has 3 amide bonds. The number of primary amides is 1. The quantitative estimate of drug-likeness (QED) is 0.403. The molecule has 3 aromatic carbocycles. The number of aryl methyl sites for hydroxylation is 1. The number of nitrogens with one attached hydrogen (secondary N) is 2. The Morgan fingerprint density at radius 1 is 0.848 bits per heavy atom. The van der Waals surface area contributed by atoms with Gasteiger partial charge in [0.05, 0.1) is 6.04 Å². The lowest BCUT2D eigenvalue weighted by atomic mass is 9.99. The van der Waals surface area contributed by atoms with Crippen molar-refractivity contribution in [3.63, 3.8) is 0 Å². The molecule has 3 rings (SSSR count). The summed E-state index contributed by atoms with van der Waals surface area (Å²) in [5.41, 5.74) is 8.31. The van der Waals surface area contributed by atoms with Gasteiger partial charge in [-0.05, 0) is 30.2 Å². The Bertz CT molecular complexity index is 1090. The summed E-state index contributed by atoms with van der Waals surface area (Å²) in [5, 5.41) is 16.1. The minimum atomic E-state index is -1.65. The molecule has 0 bridgehead atoms. The van der Waals surface area contributed by atoms with Crippen LogP contribution in [0, 0.1) is 6.92 Å². The molecule has 0 aliphatic carbocycles. The van der Waals surface area contributed by atoms with Crippen molar-refractivity contribution in [3.05, 3.63) is 107 Å². The normalized spacial score (nSPS) is 13.4. The van der Waals surface area contributed by atoms with Gasteiger partial charge in [-0.1, -0.05) is 78.4 Å². The first kappa shape index (κ1) is 23.7. The van der Waals surface area contributed by atoms with Crippen LogP contribution in [-0.4, -0.2) is 35.0 Å². The molecule has 0 spiro atoms. The molecule has 7 nitrogen and oxygen atoms in total. The van der Waals surface area contributed by atoms with Gasteiger partial charge in [-0.2, -0.15) is 0 Å². The number of nitrogens with two attached hydrogens (primary N) is 1. The van der Waals surface area contributed by atoms with E-state index in [1.165, 1.54) is 0 Å². The van der Waals surface area contributed by atoms with E-state index in [0.717, 1.165) is 11.1 Å². The number of aliphatic hydroxyl groups excluding tert-OH is 1. The molecule has 0 aliphatic heterocycles. The number of benzene rings is 3. The zero-order valence-electron chi connectivity index (χ0n) is 18.3. The van der Waals surface area contributed by atoms with Crippen LogP contribution >= 0.6 is 0 Å². The lowest BCUT2D eigenvalue weighted by Crippen LogP contribution is -2.52. The molecule has 0 saturated heterocycles. The van der Waals surface area contributed by atoms with Gasteiger partial charge in [0.25, 0.3) is 11.8 Å². The first-order chi connectivity index (χ1) is 15.8. The maximum Gasteiger partial charge on any atom is 0.252 e. The Balaban J connectivity index is 1.78. The summed E-state index contributed by atoms with van der Waals surface area (Å²) < 4.78 is 0. The topological polar surface area (TPSA) is 122 Å². The van der Waals surface area contributed by atoms with Gasteiger partial charge in [0, 0.05) is 12.0 Å². The van der Waals surface area contributed by atoms with Crippen LogP contribution in [0.25, 0.3) is 0 Å². The van der Waals surface area contributed by atoms with Gasteiger partial charge in [-0.25, -0.2) is 0 Å². The van der Waals surface area contributed by atoms with Crippen LogP contribution in [0.4, 0.5) is 0 Å². The maximum atomic E-state index is 12.9. The highest BCUT2D eigenvalue weighted by atomic mass is 16.3. The smallest absolute Gasteiger partial charge is 0.252 e. The van der Waals surface area contributed by atoms with E-state index in [1.54, 1.807) is 60.7 Å². The van der Waals surface area contributed by atoms with E-state index in [9.17, 15) is 19.5 Å². The molecule has 5 N–H and O–H groups in total. The van der Waals surface area contributed by atoms with Crippen LogP contribution in [0.3, 0.4) is 0 Å². The molecule has 0 heterocycles. The van der Waals surface area contributed by atoms with Crippen molar-refractivity contribution in [2.75, 3.05) is 0 Å². The lowest BCUT2D eigenvalue weighted by Gasteiger charge is -2.26. The van der Waals surface area contributed by atoms with Crippen molar-refractivity contribution < 1.29 is 19.5 Å². The number of aliphatic hydroxyl groups is 1. The predicted molar refractivity (Wildman–Crippen MR) is 125 cm³/mol. The van der Waals surface area contributed by atoms with Crippen LogP contribution in [0.2, 0.25) is 0 Å². The fourth-order valence-corrected chi connectivity index (χ4v) is 3.41. The number of carbonyl (C=O) groups is 3. The highest BCUT2D eigenvalue weighted by Crippen LogP contribution is 2.19. The fraction of sp³-hybridized carbons (Fsp3) is 0.192. The Kier molecular flexibility index (Phi) is 7.94. The summed E-state index contributed by atoms with van der Waals surface area (Å²) in [6, 6.07) is 22.6. The van der Waals surface area contributed by atoms with E-state index in [1.807, 2.05) is 31.2 Å². The Morgan fingerprint density at radius 3 is 2.00 bits per heavy atom. The van der Waals surface area contributed by atoms with E-state index < -0.39 is 35.9 Å². The molecule has 3 aromatic rings. The van der Waals surface area contributed by atoms with Crippen LogP contribution in [0.15, 0.2) is 84.9 Å². The Labute approximate surface area is 192 Å². The van der Waals surface area contributed by atoms with Crippen LogP contribution in [0.5, 0.6) is 0 Å². The van der Waals surface area contributed by atoms with Gasteiger partial charge < -0.3 is 21.5 Å². The molecule has 0 aromatic heterocycles. The third kappa shape index (κ3) is 6.51. The molecule has 33 heavy (non-hydrogen) atoms. The van der Waals surface area contributed by atoms with Crippen molar-refractivity contribution in [2.24, 2.45) is 5.73 Å². The lowest BCUT2D eigenvalue weighted by molar-refractivity contribution is -0.134. The van der Waals surface area contributed by atoms with E-state index >= 15 is 0 Å². The van der Waals surface area contributed by atoms with E-state index in [-0.39, 0.29) is 6.42 Å². The van der Waals surface area contributed by atoms with Crippen LogP contribution in [0.1, 0.15) is 33.1 Å². The first-order valence-corrected chi connectivity index (χ1v) is 10.6. The average Bonchev–Trinajstić information content (AvgIpc) is 2.83. The predicted octanol–water partition coefficient (Wildman–Crippen LogP) is 2.04. The van der Waals surface area contributed by atoms with Crippen LogP contribution in [-0.2, 0) is 16.0 Å². The number of amides is 3. The number of rotatable bonds is 9. The second-order valence-corrected chi connectivity index (χ2v) is 7.83. The zero-order chi connectivity index (χ0) is 23.8. The van der Waals surface area contributed by atoms with Gasteiger partial charge >= 0.3 is 0 Å². The molecule has 7 heteroatoms. The van der Waals surface area contributed by atoms with Crippen molar-refractivity contribution in [2.45, 2.75) is 31.5 Å². The molecular formula is C26H27N3O4. The minimum absolute atomic E-state index is 0.181. The van der Waals surface area contributed by atoms with Gasteiger partial charge in [0.1, 0.15) is 6.04 Å². The highest BCUT2D eigenvalue weighted by molar-refractivity contribution is 5.95. The molecule has 0 unspecified atom stereocenters. The average molecular weight is 446 g/mol. The van der Waals surface area contributed by atoms with Crippen molar-refractivity contribution in [1.82, 2.24) is 10.6 Å². The largest absolute Gasteiger partial charge is 0.381 e. The number of carbonyl (C=O) groups excluding carboxylic acids is 3. The third-order valence-corrected chi connectivity index (χ3v) is 5.29. The van der Waals surface area contributed by atoms with Crippen molar-refractivity contribution in [1.29, 1.82) is 0 Å². The molecular weight excluding hydrogens is 418 g/mol. The summed E-state index contributed by atoms with van der Waals surface area (Å²) >= 11 is 0. The molecule has 0 saturated carbocycles. The Hall–Kier alpha value is -3.97. The summed E-state index contributed by atoms with van der Waals surface area (Å²) in [4.78, 5) is 37.6. The molecule has 0 fully saturated rings. The Morgan fingerprint density at radius 2 is 1.42 bits per heavy atom. The van der Waals surface area contributed by atoms with E-state index in [4.69, 9.17) is 5.73 Å². The molecule has 170 valence electrons. The van der Waals surface area contributed by atoms with Gasteiger partial charge in [-0.15, -0.1) is 0 Å². The SMILES string of the molecule is Cc1ccc(C[C@H](NC(=O)[C@H](O)[C@@H](NC(=O)c2ccccc2)c2ccccc2)C(N)=O)cc1. The van der Waals surface area contributed by atoms with Gasteiger partial charge in [0.15, 0.2) is 6.10 Å². The molecule has 3 atom stereocenters. The number of hydrogen-bond acceptors (Lipinski definition) is 4. The summed E-state index contributed by atoms with van der Waals surface area (Å²) in [7, 11) is 0. The summed E-state index contributed by atoms with van der Waals surface area (Å²) in [5.74, 6) is -1.98. The fourth-order valence-electron chi connectivity index (χ4n) is 3.41. The standard InChI is InChI=1S/C26H27N3O4/c1-17-12-14-18(15-13-17)16-21(24(27)31)28-26(33)23(30)22(19-8-4-2-5-9-19)29-25(32)20-10-6-3-7-11-20/h2-15,21-23,30H,16H2,1H3,(H2,27,31)(H,28,33)(H,29,32)/t21-,22-,23+/m0/s1. The monoisotopic (exact) mass is 445 g/mol. The summed E-state index contributed by atoms with van der Waals surface area (Å²) in [6.07, 6.45) is -1.47. The second kappa shape index (κ2) is 11.1. The molecule has 0 radical (unpaired) electrons. The second-order valence-electron chi connectivity index (χ2n) is 7.83. The number of hydrogen-bond donors (Lipinski definition) is 4. The van der Waals surface area contributed by atoms with Gasteiger partial charge in [-0.3, -0.25) is 14.4 Å². The maximum absolute atomic E-state index is 12.9. The first-order valence-electron chi connectivity index (χ1n) is 10.6.